The highest BCUT2D eigenvalue weighted by atomic mass is 32.2. The van der Waals surface area contributed by atoms with Gasteiger partial charge in [-0.1, -0.05) is 33.6 Å². The van der Waals surface area contributed by atoms with Crippen molar-refractivity contribution < 1.29 is 22.7 Å². The van der Waals surface area contributed by atoms with Gasteiger partial charge in [-0.15, -0.1) is 0 Å². The van der Waals surface area contributed by atoms with Crippen molar-refractivity contribution in [3.63, 3.8) is 0 Å². The third kappa shape index (κ3) is 5.68. The molecule has 2 saturated heterocycles. The van der Waals surface area contributed by atoms with Crippen LogP contribution < -0.4 is 10.2 Å². The number of amides is 1. The number of nitrogens with one attached hydrogen (secondary N) is 1. The minimum atomic E-state index is -3.78. The fraction of sp³-hybridized carbons (Fsp3) is 0.731. The maximum atomic E-state index is 13.7. The van der Waals surface area contributed by atoms with E-state index in [1.807, 2.05) is 4.90 Å². The number of rotatable bonds is 8. The molecule has 1 aromatic rings. The summed E-state index contributed by atoms with van der Waals surface area (Å²) in [7, 11) is -3.78. The SMILES string of the molecule is CCC(NC(=O)c1ccc(N2CCOCC2)c(S(=O)(=O)N2CCOCC2)c1)C(C)(C)C1CCCC1. The first kappa shape index (κ1) is 26.4. The van der Waals surface area contributed by atoms with Crippen LogP contribution in [0.4, 0.5) is 5.69 Å². The zero-order valence-electron chi connectivity index (χ0n) is 21.4. The molecule has 0 spiro atoms. The minimum absolute atomic E-state index is 0.0165. The molecule has 2 heterocycles. The Hall–Kier alpha value is -1.68. The Morgan fingerprint density at radius 1 is 1.06 bits per heavy atom. The highest BCUT2D eigenvalue weighted by Gasteiger charge is 2.39. The standard InChI is InChI=1S/C26H41N3O5S/c1-4-24(26(2,3)21-7-5-6-8-21)27-25(30)20-9-10-22(28-11-15-33-16-12-28)23(19-20)35(31,32)29-13-17-34-18-14-29/h9-10,19,21,24H,4-8,11-18H2,1-3H3,(H,27,30). The summed E-state index contributed by atoms with van der Waals surface area (Å²) in [6, 6.07) is 5.14. The summed E-state index contributed by atoms with van der Waals surface area (Å²) >= 11 is 0. The zero-order chi connectivity index (χ0) is 25.1. The summed E-state index contributed by atoms with van der Waals surface area (Å²) in [5.74, 6) is 0.378. The first-order valence-corrected chi connectivity index (χ1v) is 14.5. The number of hydrogen-bond donors (Lipinski definition) is 1. The fourth-order valence-electron chi connectivity index (χ4n) is 5.86. The Bertz CT molecular complexity index is 979. The Labute approximate surface area is 210 Å². The summed E-state index contributed by atoms with van der Waals surface area (Å²) in [6.07, 6.45) is 5.75. The van der Waals surface area contributed by atoms with E-state index in [0.717, 1.165) is 6.42 Å². The van der Waals surface area contributed by atoms with Gasteiger partial charge in [-0.25, -0.2) is 8.42 Å². The van der Waals surface area contributed by atoms with Crippen molar-refractivity contribution in [1.82, 2.24) is 9.62 Å². The first-order chi connectivity index (χ1) is 16.7. The molecule has 35 heavy (non-hydrogen) atoms. The number of carbonyl (C=O) groups excluding carboxylic acids is 1. The van der Waals surface area contributed by atoms with Crippen molar-refractivity contribution in [2.24, 2.45) is 11.3 Å². The number of nitrogens with zero attached hydrogens (tertiary/aromatic N) is 2. The smallest absolute Gasteiger partial charge is 0.251 e. The average molecular weight is 508 g/mol. The van der Waals surface area contributed by atoms with E-state index >= 15 is 0 Å². The Balaban J connectivity index is 1.63. The molecule has 1 unspecified atom stereocenters. The van der Waals surface area contributed by atoms with E-state index in [9.17, 15) is 13.2 Å². The van der Waals surface area contributed by atoms with Crippen LogP contribution in [-0.4, -0.2) is 77.3 Å². The lowest BCUT2D eigenvalue weighted by Gasteiger charge is -2.39. The summed E-state index contributed by atoms with van der Waals surface area (Å²) < 4.78 is 39.7. The molecule has 1 atom stereocenters. The molecule has 0 bridgehead atoms. The van der Waals surface area contributed by atoms with Gasteiger partial charge in [0.2, 0.25) is 10.0 Å². The lowest BCUT2D eigenvalue weighted by Crippen LogP contribution is -2.47. The maximum Gasteiger partial charge on any atom is 0.251 e. The second kappa shape index (κ2) is 11.2. The molecule has 3 fully saturated rings. The van der Waals surface area contributed by atoms with Gasteiger partial charge in [0.1, 0.15) is 4.90 Å². The molecular formula is C26H41N3O5S. The highest BCUT2D eigenvalue weighted by molar-refractivity contribution is 7.89. The minimum Gasteiger partial charge on any atom is -0.379 e. The molecule has 2 aliphatic heterocycles. The number of hydrogen-bond acceptors (Lipinski definition) is 6. The van der Waals surface area contributed by atoms with E-state index < -0.39 is 10.0 Å². The molecule has 8 nitrogen and oxygen atoms in total. The molecule has 4 rings (SSSR count). The van der Waals surface area contributed by atoms with Gasteiger partial charge in [0.05, 0.1) is 32.1 Å². The van der Waals surface area contributed by atoms with Crippen LogP contribution in [0.1, 0.15) is 63.2 Å². The van der Waals surface area contributed by atoms with Gasteiger partial charge in [0.15, 0.2) is 0 Å². The highest BCUT2D eigenvalue weighted by Crippen LogP contribution is 2.42. The third-order valence-electron chi connectivity index (χ3n) is 8.18. The van der Waals surface area contributed by atoms with Crippen LogP contribution >= 0.6 is 0 Å². The van der Waals surface area contributed by atoms with Crippen molar-refractivity contribution >= 4 is 21.6 Å². The van der Waals surface area contributed by atoms with E-state index in [2.05, 4.69) is 26.1 Å². The number of ether oxygens (including phenoxy) is 2. The predicted octanol–water partition coefficient (Wildman–Crippen LogP) is 3.27. The van der Waals surface area contributed by atoms with Crippen molar-refractivity contribution in [2.75, 3.05) is 57.5 Å². The molecule has 0 aromatic heterocycles. The molecule has 1 saturated carbocycles. The first-order valence-electron chi connectivity index (χ1n) is 13.1. The van der Waals surface area contributed by atoms with Crippen LogP contribution in [0.25, 0.3) is 0 Å². The number of carbonyl (C=O) groups is 1. The summed E-state index contributed by atoms with van der Waals surface area (Å²) in [6.45, 7) is 10.3. The van der Waals surface area contributed by atoms with Crippen LogP contribution in [-0.2, 0) is 19.5 Å². The number of sulfonamides is 1. The summed E-state index contributed by atoms with van der Waals surface area (Å²) in [5, 5.41) is 3.26. The molecule has 1 aliphatic carbocycles. The Kier molecular flexibility index (Phi) is 8.41. The number of anilines is 1. The molecule has 3 aliphatic rings. The number of morpholine rings is 2. The largest absolute Gasteiger partial charge is 0.379 e. The van der Waals surface area contributed by atoms with E-state index in [-0.39, 0.29) is 22.3 Å². The topological polar surface area (TPSA) is 88.2 Å². The van der Waals surface area contributed by atoms with E-state index in [1.165, 1.54) is 30.0 Å². The van der Waals surface area contributed by atoms with Gasteiger partial charge in [-0.3, -0.25) is 4.79 Å². The van der Waals surface area contributed by atoms with Gasteiger partial charge in [0, 0.05) is 37.8 Å². The zero-order valence-corrected chi connectivity index (χ0v) is 22.2. The van der Waals surface area contributed by atoms with E-state index in [0.29, 0.717) is 69.8 Å². The summed E-state index contributed by atoms with van der Waals surface area (Å²) in [5.41, 5.74) is 1.00. The van der Waals surface area contributed by atoms with Gasteiger partial charge < -0.3 is 19.7 Å². The quantitative estimate of drug-likeness (QED) is 0.581. The Morgan fingerprint density at radius 2 is 1.66 bits per heavy atom. The van der Waals surface area contributed by atoms with Crippen molar-refractivity contribution in [3.05, 3.63) is 23.8 Å². The average Bonchev–Trinajstić information content (AvgIpc) is 3.44. The van der Waals surface area contributed by atoms with E-state index in [4.69, 9.17) is 9.47 Å². The van der Waals surface area contributed by atoms with Crippen LogP contribution in [0, 0.1) is 11.3 Å². The maximum absolute atomic E-state index is 13.7. The fourth-order valence-corrected chi connectivity index (χ4v) is 7.51. The van der Waals surface area contributed by atoms with Gasteiger partial charge >= 0.3 is 0 Å². The molecule has 196 valence electrons. The third-order valence-corrected chi connectivity index (χ3v) is 10.1. The van der Waals surface area contributed by atoms with Crippen LogP contribution in [0.3, 0.4) is 0 Å². The van der Waals surface area contributed by atoms with Crippen molar-refractivity contribution in [2.45, 2.75) is 63.8 Å². The van der Waals surface area contributed by atoms with Crippen LogP contribution in [0.15, 0.2) is 23.1 Å². The van der Waals surface area contributed by atoms with Crippen molar-refractivity contribution in [1.29, 1.82) is 0 Å². The number of benzene rings is 1. The van der Waals surface area contributed by atoms with E-state index in [1.54, 1.807) is 18.2 Å². The van der Waals surface area contributed by atoms with Crippen LogP contribution in [0.5, 0.6) is 0 Å². The molecule has 1 N–H and O–H groups in total. The van der Waals surface area contributed by atoms with Crippen LogP contribution in [0.2, 0.25) is 0 Å². The van der Waals surface area contributed by atoms with Gasteiger partial charge in [0.25, 0.3) is 5.91 Å². The van der Waals surface area contributed by atoms with Gasteiger partial charge in [-0.05, 0) is 48.8 Å². The molecular weight excluding hydrogens is 466 g/mol. The lowest BCUT2D eigenvalue weighted by atomic mass is 9.71. The molecule has 1 aromatic carbocycles. The monoisotopic (exact) mass is 507 g/mol. The van der Waals surface area contributed by atoms with Crippen molar-refractivity contribution in [3.8, 4) is 0 Å². The Morgan fingerprint density at radius 3 is 2.26 bits per heavy atom. The molecule has 1 amide bonds. The second-order valence-corrected chi connectivity index (χ2v) is 12.4. The molecule has 0 radical (unpaired) electrons. The van der Waals surface area contributed by atoms with Gasteiger partial charge in [-0.2, -0.15) is 4.31 Å². The predicted molar refractivity (Wildman–Crippen MR) is 136 cm³/mol. The molecule has 9 heteroatoms. The normalized spacial score (nSPS) is 21.7. The second-order valence-electron chi connectivity index (χ2n) is 10.5. The summed E-state index contributed by atoms with van der Waals surface area (Å²) in [4.78, 5) is 15.7. The lowest BCUT2D eigenvalue weighted by molar-refractivity contribution is 0.0730.